The van der Waals surface area contributed by atoms with Crippen LogP contribution in [0.5, 0.6) is 0 Å². The van der Waals surface area contributed by atoms with E-state index in [0.29, 0.717) is 12.1 Å². The number of carbonyl (C=O) groups is 2. The summed E-state index contributed by atoms with van der Waals surface area (Å²) in [4.78, 5) is 23.9. The highest BCUT2D eigenvalue weighted by Gasteiger charge is 2.09. The summed E-state index contributed by atoms with van der Waals surface area (Å²) in [5.74, 6) is -0.214. The molecule has 0 aromatic heterocycles. The predicted molar refractivity (Wildman–Crippen MR) is 103 cm³/mol. The topological polar surface area (TPSA) is 58.2 Å². The number of aryl methyl sites for hydroxylation is 1. The molecule has 0 saturated carbocycles. The molecular weight excluding hydrogens is 380 g/mol. The minimum Gasteiger partial charge on any atom is -0.354 e. The summed E-state index contributed by atoms with van der Waals surface area (Å²) in [6, 6.07) is 17.4. The molecule has 2 aromatic carbocycles. The maximum absolute atomic E-state index is 12.0. The summed E-state index contributed by atoms with van der Waals surface area (Å²) in [5.41, 5.74) is 1.85. The molecule has 2 N–H and O–H groups in total. The van der Waals surface area contributed by atoms with Gasteiger partial charge in [0.1, 0.15) is 0 Å². The largest absolute Gasteiger partial charge is 0.354 e. The van der Waals surface area contributed by atoms with Crippen molar-refractivity contribution in [2.24, 2.45) is 0 Å². The van der Waals surface area contributed by atoms with Gasteiger partial charge in [-0.2, -0.15) is 0 Å². The van der Waals surface area contributed by atoms with Gasteiger partial charge in [-0.25, -0.2) is 0 Å². The normalized spacial score (nSPS) is 11.6. The molecule has 0 fully saturated rings. The van der Waals surface area contributed by atoms with Gasteiger partial charge in [-0.3, -0.25) is 9.59 Å². The second-order valence-electron chi connectivity index (χ2n) is 6.01. The van der Waals surface area contributed by atoms with Crippen molar-refractivity contribution in [3.63, 3.8) is 0 Å². The molecule has 0 aliphatic carbocycles. The molecule has 25 heavy (non-hydrogen) atoms. The van der Waals surface area contributed by atoms with Crippen LogP contribution in [-0.4, -0.2) is 24.4 Å². The fourth-order valence-corrected chi connectivity index (χ4v) is 2.70. The first-order valence-electron chi connectivity index (χ1n) is 8.41. The van der Waals surface area contributed by atoms with Crippen molar-refractivity contribution < 1.29 is 9.59 Å². The van der Waals surface area contributed by atoms with Crippen LogP contribution in [0, 0.1) is 0 Å². The van der Waals surface area contributed by atoms with E-state index >= 15 is 0 Å². The molecule has 0 heterocycles. The van der Waals surface area contributed by atoms with Crippen molar-refractivity contribution >= 4 is 27.7 Å². The van der Waals surface area contributed by atoms with E-state index in [9.17, 15) is 9.59 Å². The Morgan fingerprint density at radius 1 is 1.04 bits per heavy atom. The van der Waals surface area contributed by atoms with Crippen molar-refractivity contribution in [2.75, 3.05) is 6.54 Å². The van der Waals surface area contributed by atoms with Gasteiger partial charge in [0.2, 0.25) is 5.91 Å². The molecule has 0 aliphatic rings. The van der Waals surface area contributed by atoms with Gasteiger partial charge in [-0.05, 0) is 49.6 Å². The number of amides is 2. The number of hydrogen-bond acceptors (Lipinski definition) is 2. The number of halogens is 1. The van der Waals surface area contributed by atoms with E-state index in [1.54, 1.807) is 12.1 Å². The molecule has 0 saturated heterocycles. The van der Waals surface area contributed by atoms with E-state index < -0.39 is 0 Å². The summed E-state index contributed by atoms with van der Waals surface area (Å²) in [7, 11) is 0. The molecule has 0 bridgehead atoms. The van der Waals surface area contributed by atoms with Crippen molar-refractivity contribution in [3.05, 3.63) is 70.2 Å². The number of carbonyl (C=O) groups excluding carboxylic acids is 2. The van der Waals surface area contributed by atoms with Gasteiger partial charge in [-0.15, -0.1) is 0 Å². The molecule has 5 heteroatoms. The molecule has 132 valence electrons. The third-order valence-corrected chi connectivity index (χ3v) is 4.39. The van der Waals surface area contributed by atoms with Gasteiger partial charge in [0.15, 0.2) is 0 Å². The van der Waals surface area contributed by atoms with E-state index in [4.69, 9.17) is 0 Å². The minimum atomic E-state index is -0.169. The Bertz CT molecular complexity index is 687. The Hall–Kier alpha value is -2.14. The minimum absolute atomic E-state index is 0.0448. The van der Waals surface area contributed by atoms with Crippen LogP contribution in [0.1, 0.15) is 35.7 Å². The van der Waals surface area contributed by atoms with E-state index in [2.05, 4.69) is 38.7 Å². The summed E-state index contributed by atoms with van der Waals surface area (Å²) in [6.45, 7) is 2.33. The fraction of sp³-hybridized carbons (Fsp3) is 0.300. The Kier molecular flexibility index (Phi) is 7.67. The second kappa shape index (κ2) is 9.99. The van der Waals surface area contributed by atoms with Gasteiger partial charge in [0.05, 0.1) is 0 Å². The van der Waals surface area contributed by atoms with E-state index in [-0.39, 0.29) is 24.3 Å². The second-order valence-corrected chi connectivity index (χ2v) is 6.92. The van der Waals surface area contributed by atoms with Crippen molar-refractivity contribution in [1.82, 2.24) is 10.6 Å². The predicted octanol–water partition coefficient (Wildman–Crippen LogP) is 3.71. The standard InChI is InChI=1S/C20H23BrN2O2/c1-15(7-8-16-5-3-2-4-6-16)23-19(24)13-14-22-20(25)17-9-11-18(21)12-10-17/h2-6,9-12,15H,7-8,13-14H2,1H3,(H,22,25)(H,23,24). The summed E-state index contributed by atoms with van der Waals surface area (Å²) >= 11 is 3.33. The van der Waals surface area contributed by atoms with Gasteiger partial charge >= 0.3 is 0 Å². The molecule has 2 amide bonds. The van der Waals surface area contributed by atoms with Crippen LogP contribution in [0.15, 0.2) is 59.1 Å². The monoisotopic (exact) mass is 402 g/mol. The maximum atomic E-state index is 12.0. The van der Waals surface area contributed by atoms with Crippen LogP contribution in [0.4, 0.5) is 0 Å². The summed E-state index contributed by atoms with van der Waals surface area (Å²) in [5, 5.41) is 5.74. The molecule has 1 unspecified atom stereocenters. The van der Waals surface area contributed by atoms with E-state index in [0.717, 1.165) is 17.3 Å². The van der Waals surface area contributed by atoms with E-state index in [1.807, 2.05) is 37.3 Å². The molecule has 2 rings (SSSR count). The van der Waals surface area contributed by atoms with Gasteiger partial charge < -0.3 is 10.6 Å². The van der Waals surface area contributed by atoms with Crippen LogP contribution in [-0.2, 0) is 11.2 Å². The first-order valence-corrected chi connectivity index (χ1v) is 9.21. The molecular formula is C20H23BrN2O2. The van der Waals surface area contributed by atoms with Crippen LogP contribution < -0.4 is 10.6 Å². The Morgan fingerprint density at radius 2 is 1.72 bits per heavy atom. The van der Waals surface area contributed by atoms with Crippen LogP contribution in [0.3, 0.4) is 0 Å². The Balaban J connectivity index is 1.64. The molecule has 4 nitrogen and oxygen atoms in total. The van der Waals surface area contributed by atoms with Crippen molar-refractivity contribution in [3.8, 4) is 0 Å². The van der Waals surface area contributed by atoms with Crippen LogP contribution >= 0.6 is 15.9 Å². The zero-order valence-electron chi connectivity index (χ0n) is 14.3. The first-order chi connectivity index (χ1) is 12.0. The average molecular weight is 403 g/mol. The lowest BCUT2D eigenvalue weighted by molar-refractivity contribution is -0.121. The zero-order chi connectivity index (χ0) is 18.1. The van der Waals surface area contributed by atoms with Crippen molar-refractivity contribution in [1.29, 1.82) is 0 Å². The Morgan fingerprint density at radius 3 is 2.40 bits per heavy atom. The SMILES string of the molecule is CC(CCc1ccccc1)NC(=O)CCNC(=O)c1ccc(Br)cc1. The number of hydrogen-bond donors (Lipinski definition) is 2. The first kappa shape index (κ1) is 19.2. The molecule has 0 spiro atoms. The third kappa shape index (κ3) is 7.10. The van der Waals surface area contributed by atoms with Crippen LogP contribution in [0.25, 0.3) is 0 Å². The highest BCUT2D eigenvalue weighted by molar-refractivity contribution is 9.10. The lowest BCUT2D eigenvalue weighted by Crippen LogP contribution is -2.35. The fourth-order valence-electron chi connectivity index (χ4n) is 2.44. The average Bonchev–Trinajstić information content (AvgIpc) is 2.61. The smallest absolute Gasteiger partial charge is 0.251 e. The molecule has 0 radical (unpaired) electrons. The third-order valence-electron chi connectivity index (χ3n) is 3.86. The van der Waals surface area contributed by atoms with Gasteiger partial charge in [-0.1, -0.05) is 46.3 Å². The van der Waals surface area contributed by atoms with Gasteiger partial charge in [0, 0.05) is 29.0 Å². The highest BCUT2D eigenvalue weighted by atomic mass is 79.9. The van der Waals surface area contributed by atoms with E-state index in [1.165, 1.54) is 5.56 Å². The Labute approximate surface area is 157 Å². The maximum Gasteiger partial charge on any atom is 0.251 e. The highest BCUT2D eigenvalue weighted by Crippen LogP contribution is 2.10. The number of benzene rings is 2. The lowest BCUT2D eigenvalue weighted by atomic mass is 10.1. The number of rotatable bonds is 8. The number of nitrogens with one attached hydrogen (secondary N) is 2. The van der Waals surface area contributed by atoms with Crippen molar-refractivity contribution in [2.45, 2.75) is 32.2 Å². The molecule has 1 atom stereocenters. The van der Waals surface area contributed by atoms with Gasteiger partial charge in [0.25, 0.3) is 5.91 Å². The lowest BCUT2D eigenvalue weighted by Gasteiger charge is -2.14. The summed E-state index contributed by atoms with van der Waals surface area (Å²) in [6.07, 6.45) is 2.10. The molecule has 0 aliphatic heterocycles. The summed E-state index contributed by atoms with van der Waals surface area (Å²) < 4.78 is 0.924. The van der Waals surface area contributed by atoms with Crippen LogP contribution in [0.2, 0.25) is 0 Å². The zero-order valence-corrected chi connectivity index (χ0v) is 15.9. The quantitative estimate of drug-likeness (QED) is 0.706. The molecule has 2 aromatic rings.